The Morgan fingerprint density at radius 2 is 1.38 bits per heavy atom. The Hall–Kier alpha value is -2.64. The standard InChI is InChI=1S/C13H16N4O4/c1-3-20-12(18)10-5-7-14-16(10)9-17-11(6-8-15-17)13(19)21-4-2/h5-8H,3-4,9H2,1-2H3. The molecule has 0 fully saturated rings. The maximum Gasteiger partial charge on any atom is 0.356 e. The van der Waals surface area contributed by atoms with Gasteiger partial charge in [-0.25, -0.2) is 19.0 Å². The van der Waals surface area contributed by atoms with Crippen molar-refractivity contribution in [3.05, 3.63) is 35.9 Å². The molecule has 2 heterocycles. The SMILES string of the molecule is CCOC(=O)c1ccnn1Cn1nccc1C(=O)OCC. The van der Waals surface area contributed by atoms with Gasteiger partial charge in [0, 0.05) is 12.4 Å². The Morgan fingerprint density at radius 1 is 0.952 bits per heavy atom. The van der Waals surface area contributed by atoms with Crippen LogP contribution >= 0.6 is 0 Å². The van der Waals surface area contributed by atoms with Gasteiger partial charge >= 0.3 is 11.9 Å². The van der Waals surface area contributed by atoms with Crippen LogP contribution in [0, 0.1) is 0 Å². The fraction of sp³-hybridized carbons (Fsp3) is 0.385. The quantitative estimate of drug-likeness (QED) is 0.736. The molecule has 0 aliphatic rings. The zero-order valence-corrected chi connectivity index (χ0v) is 11.9. The fourth-order valence-corrected chi connectivity index (χ4v) is 1.77. The van der Waals surface area contributed by atoms with Crippen LogP contribution in [-0.2, 0) is 16.1 Å². The van der Waals surface area contributed by atoms with Crippen molar-refractivity contribution in [1.29, 1.82) is 0 Å². The number of nitrogens with zero attached hydrogens (tertiary/aromatic N) is 4. The maximum absolute atomic E-state index is 11.8. The molecule has 112 valence electrons. The summed E-state index contributed by atoms with van der Waals surface area (Å²) in [5, 5.41) is 8.09. The molecule has 8 nitrogen and oxygen atoms in total. The molecule has 21 heavy (non-hydrogen) atoms. The van der Waals surface area contributed by atoms with Gasteiger partial charge in [-0.2, -0.15) is 10.2 Å². The molecule has 0 bridgehead atoms. The molecule has 2 aromatic heterocycles. The molecule has 0 radical (unpaired) electrons. The molecule has 2 aromatic rings. The molecule has 0 amide bonds. The van der Waals surface area contributed by atoms with E-state index in [1.165, 1.54) is 21.8 Å². The lowest BCUT2D eigenvalue weighted by Crippen LogP contribution is -2.21. The van der Waals surface area contributed by atoms with Gasteiger partial charge in [0.05, 0.1) is 13.2 Å². The van der Waals surface area contributed by atoms with Gasteiger partial charge in [-0.05, 0) is 26.0 Å². The fourth-order valence-electron chi connectivity index (χ4n) is 1.77. The number of hydrogen-bond acceptors (Lipinski definition) is 6. The summed E-state index contributed by atoms with van der Waals surface area (Å²) in [5.74, 6) is -0.945. The van der Waals surface area contributed by atoms with E-state index < -0.39 is 11.9 Å². The second kappa shape index (κ2) is 6.69. The van der Waals surface area contributed by atoms with Crippen LogP contribution < -0.4 is 0 Å². The van der Waals surface area contributed by atoms with Crippen LogP contribution in [0.25, 0.3) is 0 Å². The minimum absolute atomic E-state index is 0.113. The highest BCUT2D eigenvalue weighted by atomic mass is 16.5. The highest BCUT2D eigenvalue weighted by Crippen LogP contribution is 2.06. The molecule has 0 unspecified atom stereocenters. The van der Waals surface area contributed by atoms with Crippen LogP contribution in [0.4, 0.5) is 0 Å². The lowest BCUT2D eigenvalue weighted by atomic mass is 10.4. The third kappa shape index (κ3) is 3.28. The molecule has 0 N–H and O–H groups in total. The van der Waals surface area contributed by atoms with Gasteiger partial charge in [-0.15, -0.1) is 0 Å². The number of aromatic nitrogens is 4. The number of esters is 2. The number of carbonyl (C=O) groups excluding carboxylic acids is 2. The first kappa shape index (κ1) is 14.8. The van der Waals surface area contributed by atoms with Crippen LogP contribution in [0.1, 0.15) is 34.8 Å². The number of ether oxygens (including phenoxy) is 2. The van der Waals surface area contributed by atoms with E-state index in [4.69, 9.17) is 9.47 Å². The third-order valence-corrected chi connectivity index (χ3v) is 2.67. The topological polar surface area (TPSA) is 88.2 Å². The van der Waals surface area contributed by atoms with Crippen molar-refractivity contribution < 1.29 is 19.1 Å². The molecule has 8 heteroatoms. The van der Waals surface area contributed by atoms with Crippen LogP contribution in [-0.4, -0.2) is 44.7 Å². The summed E-state index contributed by atoms with van der Waals surface area (Å²) >= 11 is 0. The van der Waals surface area contributed by atoms with Gasteiger partial charge in [0.2, 0.25) is 0 Å². The minimum atomic E-state index is -0.472. The third-order valence-electron chi connectivity index (χ3n) is 2.67. The first-order chi connectivity index (χ1) is 10.2. The molecule has 0 spiro atoms. The van der Waals surface area contributed by atoms with Gasteiger partial charge in [-0.3, -0.25) is 0 Å². The maximum atomic E-state index is 11.8. The molecule has 0 saturated carbocycles. The highest BCUT2D eigenvalue weighted by Gasteiger charge is 2.17. The Labute approximate surface area is 121 Å². The van der Waals surface area contributed by atoms with Gasteiger partial charge < -0.3 is 9.47 Å². The summed E-state index contributed by atoms with van der Waals surface area (Å²) in [7, 11) is 0. The molecular formula is C13H16N4O4. The molecule has 0 saturated heterocycles. The summed E-state index contributed by atoms with van der Waals surface area (Å²) < 4.78 is 12.7. The normalized spacial score (nSPS) is 10.4. The lowest BCUT2D eigenvalue weighted by Gasteiger charge is -2.09. The van der Waals surface area contributed by atoms with E-state index in [0.717, 1.165) is 0 Å². The highest BCUT2D eigenvalue weighted by molar-refractivity contribution is 5.88. The molecule has 2 rings (SSSR count). The van der Waals surface area contributed by atoms with Crippen molar-refractivity contribution in [3.8, 4) is 0 Å². The monoisotopic (exact) mass is 292 g/mol. The second-order valence-electron chi connectivity index (χ2n) is 4.01. The molecule has 0 aliphatic carbocycles. The van der Waals surface area contributed by atoms with E-state index in [9.17, 15) is 9.59 Å². The van der Waals surface area contributed by atoms with Crippen LogP contribution in [0.2, 0.25) is 0 Å². The van der Waals surface area contributed by atoms with Crippen LogP contribution in [0.15, 0.2) is 24.5 Å². The zero-order valence-electron chi connectivity index (χ0n) is 11.9. The first-order valence-electron chi connectivity index (χ1n) is 6.55. The van der Waals surface area contributed by atoms with Crippen molar-refractivity contribution in [3.63, 3.8) is 0 Å². The van der Waals surface area contributed by atoms with E-state index in [-0.39, 0.29) is 19.9 Å². The van der Waals surface area contributed by atoms with E-state index in [0.29, 0.717) is 11.4 Å². The Morgan fingerprint density at radius 3 is 1.76 bits per heavy atom. The predicted molar refractivity (Wildman–Crippen MR) is 71.8 cm³/mol. The van der Waals surface area contributed by atoms with E-state index in [1.54, 1.807) is 26.0 Å². The van der Waals surface area contributed by atoms with Crippen LogP contribution in [0.5, 0.6) is 0 Å². The number of hydrogen-bond donors (Lipinski definition) is 0. The van der Waals surface area contributed by atoms with Crippen molar-refractivity contribution in [2.24, 2.45) is 0 Å². The van der Waals surface area contributed by atoms with Gasteiger partial charge in [0.1, 0.15) is 18.1 Å². The van der Waals surface area contributed by atoms with Gasteiger partial charge in [0.25, 0.3) is 0 Å². The van der Waals surface area contributed by atoms with E-state index in [1.807, 2.05) is 0 Å². The van der Waals surface area contributed by atoms with E-state index >= 15 is 0 Å². The minimum Gasteiger partial charge on any atom is -0.461 e. The Balaban J connectivity index is 2.20. The lowest BCUT2D eigenvalue weighted by molar-refractivity contribution is 0.0510. The second-order valence-corrected chi connectivity index (χ2v) is 4.01. The van der Waals surface area contributed by atoms with Gasteiger partial charge in [0.15, 0.2) is 0 Å². The number of carbonyl (C=O) groups is 2. The smallest absolute Gasteiger partial charge is 0.356 e. The summed E-state index contributed by atoms with van der Waals surface area (Å²) in [5.41, 5.74) is 0.587. The zero-order chi connectivity index (χ0) is 15.2. The van der Waals surface area contributed by atoms with Crippen molar-refractivity contribution in [1.82, 2.24) is 19.6 Å². The average Bonchev–Trinajstić information content (AvgIpc) is 3.09. The largest absolute Gasteiger partial charge is 0.461 e. The van der Waals surface area contributed by atoms with E-state index in [2.05, 4.69) is 10.2 Å². The Kier molecular flexibility index (Phi) is 4.70. The van der Waals surface area contributed by atoms with Crippen molar-refractivity contribution in [2.75, 3.05) is 13.2 Å². The molecule has 0 atom stereocenters. The summed E-state index contributed by atoms with van der Waals surface area (Å²) in [6.07, 6.45) is 2.97. The average molecular weight is 292 g/mol. The first-order valence-corrected chi connectivity index (χ1v) is 6.55. The van der Waals surface area contributed by atoms with Crippen molar-refractivity contribution >= 4 is 11.9 Å². The molecule has 0 aliphatic heterocycles. The van der Waals surface area contributed by atoms with Gasteiger partial charge in [-0.1, -0.05) is 0 Å². The summed E-state index contributed by atoms with van der Waals surface area (Å²) in [6.45, 7) is 4.12. The Bertz CT molecular complexity index is 577. The molecule has 0 aromatic carbocycles. The molecular weight excluding hydrogens is 276 g/mol. The predicted octanol–water partition coefficient (Wildman–Crippen LogP) is 0.939. The number of rotatable bonds is 6. The van der Waals surface area contributed by atoms with Crippen molar-refractivity contribution in [2.45, 2.75) is 20.5 Å². The summed E-state index contributed by atoms with van der Waals surface area (Å²) in [6, 6.07) is 3.09. The summed E-state index contributed by atoms with van der Waals surface area (Å²) in [4.78, 5) is 23.5. The van der Waals surface area contributed by atoms with Crippen LogP contribution in [0.3, 0.4) is 0 Å².